The molecular formula is C22H21NO. The van der Waals surface area contributed by atoms with Crippen LogP contribution >= 0.6 is 0 Å². The molecule has 3 rings (SSSR count). The highest BCUT2D eigenvalue weighted by molar-refractivity contribution is 5.90. The molecular weight excluding hydrogens is 294 g/mol. The van der Waals surface area contributed by atoms with E-state index in [0.29, 0.717) is 6.42 Å². The SMILES string of the molecule is CC(C/C=C/c1ccccc1)(C(=O)n1cccc1)c1ccccc1. The molecule has 0 radical (unpaired) electrons. The van der Waals surface area contributed by atoms with E-state index in [-0.39, 0.29) is 5.91 Å². The normalized spacial score (nSPS) is 13.7. The van der Waals surface area contributed by atoms with Gasteiger partial charge in [0.2, 0.25) is 5.91 Å². The van der Waals surface area contributed by atoms with Gasteiger partial charge >= 0.3 is 0 Å². The van der Waals surface area contributed by atoms with Crippen molar-refractivity contribution >= 4 is 12.0 Å². The molecule has 1 aromatic heterocycles. The van der Waals surface area contributed by atoms with Crippen LogP contribution < -0.4 is 0 Å². The molecule has 0 aliphatic rings. The van der Waals surface area contributed by atoms with E-state index >= 15 is 0 Å². The number of allylic oxidation sites excluding steroid dienone is 1. The Morgan fingerprint density at radius 1 is 0.917 bits per heavy atom. The standard InChI is InChI=1S/C22H21NO/c1-22(20-14-6-3-7-15-20,21(24)23-17-8-9-18-23)16-10-13-19-11-4-2-5-12-19/h2-15,17-18H,16H2,1H3/b13-10+. The van der Waals surface area contributed by atoms with E-state index in [9.17, 15) is 4.79 Å². The van der Waals surface area contributed by atoms with Crippen LogP contribution in [0.2, 0.25) is 0 Å². The molecule has 1 atom stereocenters. The first-order valence-corrected chi connectivity index (χ1v) is 8.15. The lowest BCUT2D eigenvalue weighted by Crippen LogP contribution is -2.35. The topological polar surface area (TPSA) is 22.0 Å². The monoisotopic (exact) mass is 315 g/mol. The van der Waals surface area contributed by atoms with Crippen molar-refractivity contribution in [3.8, 4) is 0 Å². The summed E-state index contributed by atoms with van der Waals surface area (Å²) in [5, 5.41) is 0. The van der Waals surface area contributed by atoms with Gasteiger partial charge in [-0.2, -0.15) is 0 Å². The van der Waals surface area contributed by atoms with Crippen molar-refractivity contribution in [3.63, 3.8) is 0 Å². The zero-order chi connectivity index (χ0) is 16.8. The number of hydrogen-bond donors (Lipinski definition) is 0. The molecule has 0 spiro atoms. The molecule has 120 valence electrons. The molecule has 0 saturated heterocycles. The highest BCUT2D eigenvalue weighted by Crippen LogP contribution is 2.30. The smallest absolute Gasteiger partial charge is 0.241 e. The lowest BCUT2D eigenvalue weighted by atomic mass is 9.78. The van der Waals surface area contributed by atoms with Gasteiger partial charge in [0.05, 0.1) is 5.41 Å². The summed E-state index contributed by atoms with van der Waals surface area (Å²) in [7, 11) is 0. The van der Waals surface area contributed by atoms with Crippen LogP contribution in [0.4, 0.5) is 0 Å². The van der Waals surface area contributed by atoms with E-state index in [0.717, 1.165) is 11.1 Å². The second kappa shape index (κ2) is 7.14. The van der Waals surface area contributed by atoms with Crippen LogP contribution in [-0.4, -0.2) is 10.5 Å². The Kier molecular flexibility index (Phi) is 4.76. The van der Waals surface area contributed by atoms with Gasteiger partial charge < -0.3 is 0 Å². The summed E-state index contributed by atoms with van der Waals surface area (Å²) in [4.78, 5) is 13.1. The maximum absolute atomic E-state index is 13.1. The number of rotatable bonds is 5. The Morgan fingerprint density at radius 2 is 1.50 bits per heavy atom. The first kappa shape index (κ1) is 16.0. The zero-order valence-corrected chi connectivity index (χ0v) is 13.8. The number of hydrogen-bond acceptors (Lipinski definition) is 1. The lowest BCUT2D eigenvalue weighted by Gasteiger charge is -2.27. The fourth-order valence-electron chi connectivity index (χ4n) is 2.88. The third-order valence-electron chi connectivity index (χ3n) is 4.36. The predicted molar refractivity (Wildman–Crippen MR) is 98.9 cm³/mol. The summed E-state index contributed by atoms with van der Waals surface area (Å²) in [5.74, 6) is 0.0800. The summed E-state index contributed by atoms with van der Waals surface area (Å²) < 4.78 is 1.67. The van der Waals surface area contributed by atoms with E-state index < -0.39 is 5.41 Å². The molecule has 0 aliphatic carbocycles. The van der Waals surface area contributed by atoms with Crippen LogP contribution in [0.15, 0.2) is 91.3 Å². The van der Waals surface area contributed by atoms with Crippen LogP contribution in [0.5, 0.6) is 0 Å². The predicted octanol–water partition coefficient (Wildman–Crippen LogP) is 5.19. The molecule has 3 aromatic rings. The third-order valence-corrected chi connectivity index (χ3v) is 4.36. The van der Waals surface area contributed by atoms with Crippen molar-refractivity contribution < 1.29 is 4.79 Å². The van der Waals surface area contributed by atoms with Crippen molar-refractivity contribution in [3.05, 3.63) is 102 Å². The molecule has 2 heteroatoms. The molecule has 1 heterocycles. The van der Waals surface area contributed by atoms with Gasteiger partial charge in [0.1, 0.15) is 0 Å². The van der Waals surface area contributed by atoms with Gasteiger partial charge in [-0.3, -0.25) is 9.36 Å². The fraction of sp³-hybridized carbons (Fsp3) is 0.136. The number of nitrogens with zero attached hydrogens (tertiary/aromatic N) is 1. The quantitative estimate of drug-likeness (QED) is 0.635. The number of benzene rings is 2. The Bertz CT molecular complexity index is 804. The van der Waals surface area contributed by atoms with Gasteiger partial charge in [-0.05, 0) is 36.6 Å². The zero-order valence-electron chi connectivity index (χ0n) is 13.8. The third kappa shape index (κ3) is 3.38. The molecule has 1 unspecified atom stereocenters. The van der Waals surface area contributed by atoms with Crippen molar-refractivity contribution in [1.29, 1.82) is 0 Å². The molecule has 2 nitrogen and oxygen atoms in total. The maximum Gasteiger partial charge on any atom is 0.241 e. The number of carbonyl (C=O) groups is 1. The summed E-state index contributed by atoms with van der Waals surface area (Å²) in [6.45, 7) is 2.01. The molecule has 0 bridgehead atoms. The minimum Gasteiger partial charge on any atom is -0.294 e. The molecule has 0 saturated carbocycles. The summed E-state index contributed by atoms with van der Waals surface area (Å²) in [6.07, 6.45) is 8.42. The highest BCUT2D eigenvalue weighted by Gasteiger charge is 2.34. The van der Waals surface area contributed by atoms with Crippen molar-refractivity contribution in [2.45, 2.75) is 18.8 Å². The Labute approximate surface area is 143 Å². The number of aromatic nitrogens is 1. The molecule has 24 heavy (non-hydrogen) atoms. The highest BCUT2D eigenvalue weighted by atomic mass is 16.2. The minimum absolute atomic E-state index is 0.0800. The van der Waals surface area contributed by atoms with Crippen LogP contribution in [0, 0.1) is 0 Å². The van der Waals surface area contributed by atoms with Gasteiger partial charge in [0.25, 0.3) is 0 Å². The average Bonchev–Trinajstić information content (AvgIpc) is 3.17. The van der Waals surface area contributed by atoms with Crippen LogP contribution in [0.3, 0.4) is 0 Å². The Balaban J connectivity index is 1.91. The van der Waals surface area contributed by atoms with Gasteiger partial charge in [0, 0.05) is 12.4 Å². The Hall–Kier alpha value is -2.87. The van der Waals surface area contributed by atoms with Crippen molar-refractivity contribution in [1.82, 2.24) is 4.57 Å². The van der Waals surface area contributed by atoms with Crippen molar-refractivity contribution in [2.75, 3.05) is 0 Å². The van der Waals surface area contributed by atoms with Crippen LogP contribution in [-0.2, 0) is 5.41 Å². The maximum atomic E-state index is 13.1. The van der Waals surface area contributed by atoms with E-state index in [1.54, 1.807) is 4.57 Å². The van der Waals surface area contributed by atoms with E-state index in [4.69, 9.17) is 0 Å². The molecule has 0 fully saturated rings. The van der Waals surface area contributed by atoms with E-state index in [1.165, 1.54) is 0 Å². The minimum atomic E-state index is -0.606. The van der Waals surface area contributed by atoms with Gasteiger partial charge in [0.15, 0.2) is 0 Å². The first-order valence-electron chi connectivity index (χ1n) is 8.15. The molecule has 2 aromatic carbocycles. The second-order valence-electron chi connectivity index (χ2n) is 6.11. The summed E-state index contributed by atoms with van der Waals surface area (Å²) in [6, 6.07) is 23.9. The second-order valence-corrected chi connectivity index (χ2v) is 6.11. The van der Waals surface area contributed by atoms with E-state index in [1.807, 2.05) is 80.0 Å². The van der Waals surface area contributed by atoms with Crippen LogP contribution in [0.25, 0.3) is 6.08 Å². The number of carbonyl (C=O) groups excluding carboxylic acids is 1. The molecule has 0 N–H and O–H groups in total. The molecule has 0 aliphatic heterocycles. The lowest BCUT2D eigenvalue weighted by molar-refractivity contribution is 0.0810. The van der Waals surface area contributed by atoms with Crippen LogP contribution in [0.1, 0.15) is 29.3 Å². The summed E-state index contributed by atoms with van der Waals surface area (Å²) in [5.41, 5.74) is 1.56. The van der Waals surface area contributed by atoms with E-state index in [2.05, 4.69) is 24.3 Å². The van der Waals surface area contributed by atoms with Gasteiger partial charge in [-0.15, -0.1) is 0 Å². The van der Waals surface area contributed by atoms with Gasteiger partial charge in [-0.1, -0.05) is 72.8 Å². The largest absolute Gasteiger partial charge is 0.294 e. The Morgan fingerprint density at radius 3 is 2.12 bits per heavy atom. The first-order chi connectivity index (χ1) is 11.7. The van der Waals surface area contributed by atoms with Gasteiger partial charge in [-0.25, -0.2) is 0 Å². The fourth-order valence-corrected chi connectivity index (χ4v) is 2.88. The average molecular weight is 315 g/mol. The summed E-state index contributed by atoms with van der Waals surface area (Å²) >= 11 is 0. The molecule has 0 amide bonds. The van der Waals surface area contributed by atoms with Crippen molar-refractivity contribution in [2.24, 2.45) is 0 Å².